The predicted octanol–water partition coefficient (Wildman–Crippen LogP) is 4.54. The number of hydrogen-bond acceptors (Lipinski definition) is 4. The van der Waals surface area contributed by atoms with Crippen LogP contribution in [0.3, 0.4) is 0 Å². The molecule has 0 amide bonds. The van der Waals surface area contributed by atoms with Gasteiger partial charge in [-0.1, -0.05) is 17.8 Å². The molecule has 1 heterocycles. The smallest absolute Gasteiger partial charge is 0.184 e. The third-order valence-electron chi connectivity index (χ3n) is 5.38. The molecule has 4 rings (SSSR count). The minimum absolute atomic E-state index is 0.530. The Hall–Kier alpha value is -1.29. The van der Waals surface area contributed by atoms with E-state index in [0.717, 1.165) is 34.2 Å². The number of methoxy groups -OCH3 is 1. The first-order valence-corrected chi connectivity index (χ1v) is 8.75. The van der Waals surface area contributed by atoms with Gasteiger partial charge in [-0.25, -0.2) is 4.98 Å². The van der Waals surface area contributed by atoms with Crippen LogP contribution in [0.4, 0.5) is 5.13 Å². The number of anilines is 1. The highest BCUT2D eigenvalue weighted by molar-refractivity contribution is 7.22. The van der Waals surface area contributed by atoms with E-state index in [9.17, 15) is 0 Å². The Labute approximate surface area is 129 Å². The highest BCUT2D eigenvalue weighted by atomic mass is 32.1. The van der Waals surface area contributed by atoms with Gasteiger partial charge >= 0.3 is 0 Å². The second-order valence-corrected chi connectivity index (χ2v) is 7.66. The summed E-state index contributed by atoms with van der Waals surface area (Å²) in [5, 5.41) is 4.71. The Bertz CT molecular complexity index is 653. The van der Waals surface area contributed by atoms with Crippen LogP contribution in [0.1, 0.15) is 32.6 Å². The van der Waals surface area contributed by atoms with Gasteiger partial charge in [-0.2, -0.15) is 0 Å². The van der Waals surface area contributed by atoms with Crippen molar-refractivity contribution in [3.05, 3.63) is 18.2 Å². The zero-order chi connectivity index (χ0) is 14.4. The molecule has 0 aliphatic heterocycles. The first kappa shape index (κ1) is 13.4. The molecule has 21 heavy (non-hydrogen) atoms. The van der Waals surface area contributed by atoms with Gasteiger partial charge in [0.25, 0.3) is 0 Å². The molecule has 4 atom stereocenters. The van der Waals surface area contributed by atoms with E-state index in [1.165, 1.54) is 30.4 Å². The molecule has 0 spiro atoms. The van der Waals surface area contributed by atoms with Gasteiger partial charge < -0.3 is 10.1 Å². The number of ether oxygens (including phenoxy) is 1. The van der Waals surface area contributed by atoms with E-state index in [1.807, 2.05) is 12.1 Å². The molecule has 2 bridgehead atoms. The van der Waals surface area contributed by atoms with Crippen molar-refractivity contribution in [2.45, 2.75) is 38.6 Å². The minimum atomic E-state index is 0.530. The Morgan fingerprint density at radius 1 is 1.33 bits per heavy atom. The summed E-state index contributed by atoms with van der Waals surface area (Å²) in [7, 11) is 1.71. The van der Waals surface area contributed by atoms with Crippen LogP contribution >= 0.6 is 11.3 Å². The fourth-order valence-corrected chi connectivity index (χ4v) is 5.29. The number of nitrogens with zero attached hydrogens (tertiary/aromatic N) is 1. The molecule has 2 aromatic rings. The number of rotatable bonds is 4. The number of nitrogens with one attached hydrogen (secondary N) is 1. The van der Waals surface area contributed by atoms with E-state index in [2.05, 4.69) is 18.3 Å². The highest BCUT2D eigenvalue weighted by Crippen LogP contribution is 2.50. The van der Waals surface area contributed by atoms with Crippen LogP contribution in [0.25, 0.3) is 10.2 Å². The lowest BCUT2D eigenvalue weighted by Crippen LogP contribution is -2.29. The molecule has 0 radical (unpaired) electrons. The predicted molar refractivity (Wildman–Crippen MR) is 88.2 cm³/mol. The van der Waals surface area contributed by atoms with E-state index >= 15 is 0 Å². The number of benzene rings is 1. The Kier molecular flexibility index (Phi) is 3.29. The van der Waals surface area contributed by atoms with Crippen molar-refractivity contribution in [3.8, 4) is 5.75 Å². The van der Waals surface area contributed by atoms with Gasteiger partial charge in [-0.05, 0) is 62.1 Å². The van der Waals surface area contributed by atoms with Crippen molar-refractivity contribution in [1.29, 1.82) is 0 Å². The third-order valence-corrected chi connectivity index (χ3v) is 6.33. The maximum atomic E-state index is 5.29. The standard InChI is InChI=1S/C17H22N2OS/c1-10(14-8-11-3-4-12(14)7-11)18-17-19-15-6-5-13(20-2)9-16(15)21-17/h5-6,9-12,14H,3-4,7-8H2,1-2H3,(H,18,19). The summed E-state index contributed by atoms with van der Waals surface area (Å²) < 4.78 is 6.48. The monoisotopic (exact) mass is 302 g/mol. The maximum Gasteiger partial charge on any atom is 0.184 e. The molecule has 112 valence electrons. The molecule has 0 saturated heterocycles. The van der Waals surface area contributed by atoms with Crippen LogP contribution in [0.5, 0.6) is 5.75 Å². The molecule has 3 nitrogen and oxygen atoms in total. The SMILES string of the molecule is COc1ccc2nc(NC(C)C3CC4CCC3C4)sc2c1. The number of hydrogen-bond donors (Lipinski definition) is 1. The summed E-state index contributed by atoms with van der Waals surface area (Å²) in [5.41, 5.74) is 1.06. The summed E-state index contributed by atoms with van der Waals surface area (Å²) in [6.45, 7) is 2.33. The zero-order valence-corrected chi connectivity index (χ0v) is 13.5. The van der Waals surface area contributed by atoms with Gasteiger partial charge in [-0.15, -0.1) is 0 Å². The molecule has 2 aliphatic rings. The van der Waals surface area contributed by atoms with Crippen molar-refractivity contribution in [3.63, 3.8) is 0 Å². The van der Waals surface area contributed by atoms with Crippen LogP contribution in [-0.4, -0.2) is 18.1 Å². The quantitative estimate of drug-likeness (QED) is 0.900. The van der Waals surface area contributed by atoms with Crippen molar-refractivity contribution in [2.75, 3.05) is 12.4 Å². The normalized spacial score (nSPS) is 29.0. The summed E-state index contributed by atoms with van der Waals surface area (Å²) in [5.74, 6) is 3.69. The van der Waals surface area contributed by atoms with Gasteiger partial charge in [0.15, 0.2) is 5.13 Å². The van der Waals surface area contributed by atoms with Crippen LogP contribution in [0.2, 0.25) is 0 Å². The first-order chi connectivity index (χ1) is 10.2. The summed E-state index contributed by atoms with van der Waals surface area (Å²) in [6, 6.07) is 6.62. The lowest BCUT2D eigenvalue weighted by molar-refractivity contribution is 0.304. The summed E-state index contributed by atoms with van der Waals surface area (Å²) >= 11 is 1.73. The first-order valence-electron chi connectivity index (χ1n) is 7.94. The van der Waals surface area contributed by atoms with Crippen LogP contribution in [0, 0.1) is 17.8 Å². The van der Waals surface area contributed by atoms with Crippen molar-refractivity contribution in [2.24, 2.45) is 17.8 Å². The number of thiazole rings is 1. The van der Waals surface area contributed by atoms with Gasteiger partial charge in [0.2, 0.25) is 0 Å². The largest absolute Gasteiger partial charge is 0.497 e. The fourth-order valence-electron chi connectivity index (χ4n) is 4.30. The zero-order valence-electron chi connectivity index (χ0n) is 12.6. The van der Waals surface area contributed by atoms with E-state index in [1.54, 1.807) is 18.4 Å². The van der Waals surface area contributed by atoms with Gasteiger partial charge in [0, 0.05) is 6.04 Å². The molecule has 1 aromatic heterocycles. The Balaban J connectivity index is 1.51. The van der Waals surface area contributed by atoms with Crippen LogP contribution in [-0.2, 0) is 0 Å². The molecule has 4 unspecified atom stereocenters. The van der Waals surface area contributed by atoms with Crippen molar-refractivity contribution < 1.29 is 4.74 Å². The number of aromatic nitrogens is 1. The van der Waals surface area contributed by atoms with Gasteiger partial charge in [0.1, 0.15) is 5.75 Å². The van der Waals surface area contributed by atoms with Crippen molar-refractivity contribution in [1.82, 2.24) is 4.98 Å². The molecule has 2 saturated carbocycles. The Morgan fingerprint density at radius 2 is 2.24 bits per heavy atom. The second kappa shape index (κ2) is 5.16. The third kappa shape index (κ3) is 2.39. The Morgan fingerprint density at radius 3 is 2.95 bits per heavy atom. The molecule has 4 heteroatoms. The van der Waals surface area contributed by atoms with Crippen LogP contribution in [0.15, 0.2) is 18.2 Å². The minimum Gasteiger partial charge on any atom is -0.497 e. The average Bonchev–Trinajstić information content (AvgIpc) is 3.20. The van der Waals surface area contributed by atoms with Gasteiger partial charge in [-0.3, -0.25) is 0 Å². The van der Waals surface area contributed by atoms with Gasteiger partial charge in [0.05, 0.1) is 17.3 Å². The molecule has 2 aliphatic carbocycles. The molecule has 1 N–H and O–H groups in total. The van der Waals surface area contributed by atoms with E-state index in [0.29, 0.717) is 6.04 Å². The van der Waals surface area contributed by atoms with Crippen LogP contribution < -0.4 is 10.1 Å². The number of fused-ring (bicyclic) bond motifs is 3. The second-order valence-electron chi connectivity index (χ2n) is 6.62. The lowest BCUT2D eigenvalue weighted by atomic mass is 9.84. The molecule has 2 fully saturated rings. The molecular weight excluding hydrogens is 280 g/mol. The highest BCUT2D eigenvalue weighted by Gasteiger charge is 2.41. The average molecular weight is 302 g/mol. The topological polar surface area (TPSA) is 34.1 Å². The lowest BCUT2D eigenvalue weighted by Gasteiger charge is -2.28. The molecular formula is C17H22N2OS. The summed E-state index contributed by atoms with van der Waals surface area (Å²) in [4.78, 5) is 4.71. The van der Waals surface area contributed by atoms with E-state index < -0.39 is 0 Å². The fraction of sp³-hybridized carbons (Fsp3) is 0.588. The van der Waals surface area contributed by atoms with E-state index in [4.69, 9.17) is 9.72 Å². The maximum absolute atomic E-state index is 5.29. The molecule has 1 aromatic carbocycles. The summed E-state index contributed by atoms with van der Waals surface area (Å²) in [6.07, 6.45) is 5.79. The van der Waals surface area contributed by atoms with Crippen molar-refractivity contribution >= 4 is 26.7 Å². The van der Waals surface area contributed by atoms with E-state index in [-0.39, 0.29) is 0 Å².